The van der Waals surface area contributed by atoms with Crippen LogP contribution in [0.5, 0.6) is 0 Å². The van der Waals surface area contributed by atoms with Crippen molar-refractivity contribution < 1.29 is 51.2 Å². The summed E-state index contributed by atoms with van der Waals surface area (Å²) in [5.74, 6) is 0. The monoisotopic (exact) mass is 195 g/mol. The van der Waals surface area contributed by atoms with Crippen molar-refractivity contribution >= 4 is 17.4 Å². The maximum absolute atomic E-state index is 0. The molecule has 0 rings (SSSR count). The summed E-state index contributed by atoms with van der Waals surface area (Å²) >= 11 is 0. The Bertz CT molecular complexity index is 3.25. The molecule has 0 saturated carbocycles. The molecule has 27 valence electrons. The van der Waals surface area contributed by atoms with Crippen LogP contribution in [0.4, 0.5) is 0 Å². The second-order valence-corrected chi connectivity index (χ2v) is 0. The zero-order valence-corrected chi connectivity index (χ0v) is 4.68. The third-order valence-electron chi connectivity index (χ3n) is 0. The fraction of sp³-hybridized carbons (Fsp3) is 0. The maximum atomic E-state index is 0. The summed E-state index contributed by atoms with van der Waals surface area (Å²) in [5.41, 5.74) is 0. The molecule has 0 fully saturated rings. The molecule has 0 bridgehead atoms. The molecular formula is H3AlMn3. The predicted octanol–water partition coefficient (Wildman–Crippen LogP) is -1.19. The van der Waals surface area contributed by atoms with Crippen molar-refractivity contribution in [3.63, 3.8) is 0 Å². The Hall–Kier alpha value is 2.09. The molecule has 0 aliphatic rings. The van der Waals surface area contributed by atoms with Gasteiger partial charge in [-0.05, 0) is 0 Å². The molecule has 3 radical (unpaired) electrons. The van der Waals surface area contributed by atoms with Crippen LogP contribution in [0.25, 0.3) is 0 Å². The number of rotatable bonds is 0. The van der Waals surface area contributed by atoms with Gasteiger partial charge in [-0.25, -0.2) is 0 Å². The molecule has 0 unspecified atom stereocenters. The van der Waals surface area contributed by atoms with Crippen LogP contribution in [0.1, 0.15) is 0 Å². The van der Waals surface area contributed by atoms with Crippen LogP contribution in [0, 0.1) is 0 Å². The normalized spacial score (nSPS) is 0. The standard InChI is InChI=1S/Al.3Mn.3H. The first kappa shape index (κ1) is 36.1. The van der Waals surface area contributed by atoms with Gasteiger partial charge in [-0.3, -0.25) is 0 Å². The molecule has 0 aliphatic carbocycles. The molecule has 0 N–H and O–H groups in total. The van der Waals surface area contributed by atoms with Gasteiger partial charge < -0.3 is 0 Å². The van der Waals surface area contributed by atoms with Crippen molar-refractivity contribution in [2.45, 2.75) is 0 Å². The Labute approximate surface area is 68.0 Å². The van der Waals surface area contributed by atoms with Crippen molar-refractivity contribution in [1.82, 2.24) is 0 Å². The van der Waals surface area contributed by atoms with E-state index in [0.717, 1.165) is 0 Å². The van der Waals surface area contributed by atoms with Crippen LogP contribution in [0.2, 0.25) is 0 Å². The van der Waals surface area contributed by atoms with E-state index in [4.69, 9.17) is 0 Å². The molecule has 0 atom stereocenters. The van der Waals surface area contributed by atoms with Crippen molar-refractivity contribution in [3.05, 3.63) is 0 Å². The number of hydrogen-bond acceptors (Lipinski definition) is 0. The van der Waals surface area contributed by atoms with E-state index >= 15 is 0 Å². The van der Waals surface area contributed by atoms with Crippen LogP contribution < -0.4 is 0 Å². The fourth-order valence-electron chi connectivity index (χ4n) is 0. The van der Waals surface area contributed by atoms with Gasteiger partial charge in [-0.2, -0.15) is 0 Å². The summed E-state index contributed by atoms with van der Waals surface area (Å²) in [6.07, 6.45) is 0. The molecule has 4 heavy (non-hydrogen) atoms. The Balaban J connectivity index is 0. The quantitative estimate of drug-likeness (QED) is 0.426. The van der Waals surface area contributed by atoms with Gasteiger partial charge in [0.25, 0.3) is 0 Å². The van der Waals surface area contributed by atoms with E-state index in [1.165, 1.54) is 0 Å². The average molecular weight is 195 g/mol. The second-order valence-electron chi connectivity index (χ2n) is 0. The van der Waals surface area contributed by atoms with Crippen LogP contribution >= 0.6 is 0 Å². The van der Waals surface area contributed by atoms with Crippen molar-refractivity contribution in [2.75, 3.05) is 0 Å². The summed E-state index contributed by atoms with van der Waals surface area (Å²) in [5, 5.41) is 0. The van der Waals surface area contributed by atoms with Crippen LogP contribution in [0.3, 0.4) is 0 Å². The third-order valence-corrected chi connectivity index (χ3v) is 0. The molecule has 0 aromatic carbocycles. The minimum Gasteiger partial charge on any atom is 0 e. The Morgan fingerprint density at radius 2 is 0.500 bits per heavy atom. The molecule has 0 saturated heterocycles. The van der Waals surface area contributed by atoms with Crippen LogP contribution in [-0.2, 0) is 51.2 Å². The van der Waals surface area contributed by atoms with Crippen molar-refractivity contribution in [2.24, 2.45) is 0 Å². The second kappa shape index (κ2) is 19.5. The molecule has 0 nitrogen and oxygen atoms in total. The molecular weight excluding hydrogens is 192 g/mol. The van der Waals surface area contributed by atoms with Gasteiger partial charge in [-0.15, -0.1) is 0 Å². The van der Waals surface area contributed by atoms with Gasteiger partial charge >= 0.3 is 0 Å². The van der Waals surface area contributed by atoms with Crippen LogP contribution in [-0.4, -0.2) is 17.4 Å². The zero-order valence-electron chi connectivity index (χ0n) is 1.13. The summed E-state index contributed by atoms with van der Waals surface area (Å²) < 4.78 is 0. The maximum Gasteiger partial charge on any atom is 0.187 e. The Kier molecular flexibility index (Phi) is 176. The molecule has 0 heterocycles. The molecule has 0 aromatic rings. The summed E-state index contributed by atoms with van der Waals surface area (Å²) in [7, 11) is 0. The van der Waals surface area contributed by atoms with Gasteiger partial charge in [-0.1, -0.05) is 0 Å². The Morgan fingerprint density at radius 1 is 0.500 bits per heavy atom. The summed E-state index contributed by atoms with van der Waals surface area (Å²) in [6, 6.07) is 0. The minimum absolute atomic E-state index is 0. The topological polar surface area (TPSA) is 0 Å². The van der Waals surface area contributed by atoms with E-state index in [1.807, 2.05) is 0 Å². The first-order valence-corrected chi connectivity index (χ1v) is 0. The van der Waals surface area contributed by atoms with Gasteiger partial charge in [0.15, 0.2) is 17.4 Å². The molecule has 0 aliphatic heterocycles. The van der Waals surface area contributed by atoms with Crippen molar-refractivity contribution in [3.8, 4) is 0 Å². The van der Waals surface area contributed by atoms with Gasteiger partial charge in [0.2, 0.25) is 0 Å². The van der Waals surface area contributed by atoms with Gasteiger partial charge in [0, 0.05) is 51.2 Å². The smallest absolute Gasteiger partial charge is 0 e. The van der Waals surface area contributed by atoms with E-state index < -0.39 is 0 Å². The molecule has 4 heteroatoms. The average Bonchev–Trinajstić information content (AvgIpc) is 0. The first-order chi connectivity index (χ1) is 0. The van der Waals surface area contributed by atoms with Gasteiger partial charge in [0.1, 0.15) is 0 Å². The molecule has 0 spiro atoms. The van der Waals surface area contributed by atoms with E-state index in [1.54, 1.807) is 0 Å². The number of hydrogen-bond donors (Lipinski definition) is 0. The third kappa shape index (κ3) is 8.94. The fourth-order valence-corrected chi connectivity index (χ4v) is 0. The van der Waals surface area contributed by atoms with E-state index in [-0.39, 0.29) is 68.6 Å². The predicted molar refractivity (Wildman–Crippen MR) is 9.94 cm³/mol. The van der Waals surface area contributed by atoms with Gasteiger partial charge in [0.05, 0.1) is 0 Å². The first-order valence-electron chi connectivity index (χ1n) is 0. The summed E-state index contributed by atoms with van der Waals surface area (Å²) in [4.78, 5) is 0. The largest absolute Gasteiger partial charge is 0.187 e. The molecule has 0 aromatic heterocycles. The van der Waals surface area contributed by atoms with Crippen LogP contribution in [0.15, 0.2) is 0 Å². The Morgan fingerprint density at radius 3 is 0.500 bits per heavy atom. The summed E-state index contributed by atoms with van der Waals surface area (Å²) in [6.45, 7) is 0. The van der Waals surface area contributed by atoms with Crippen molar-refractivity contribution in [1.29, 1.82) is 0 Å². The minimum atomic E-state index is 0. The van der Waals surface area contributed by atoms with E-state index in [9.17, 15) is 0 Å². The zero-order chi connectivity index (χ0) is 0. The van der Waals surface area contributed by atoms with E-state index in [2.05, 4.69) is 0 Å². The molecule has 0 amide bonds. The SMILES string of the molecule is [AlH3].[Mn].[Mn].[Mn]. The van der Waals surface area contributed by atoms with E-state index in [0.29, 0.717) is 0 Å².